The number of hydrogen-bond acceptors (Lipinski definition) is 3. The Balaban J connectivity index is 1.67. The van der Waals surface area contributed by atoms with Gasteiger partial charge in [0.05, 0.1) is 0 Å². The number of rotatable bonds is 10. The molecule has 31 heavy (non-hydrogen) atoms. The minimum absolute atomic E-state index is 0.0762. The number of hydrogen-bond donors (Lipinski definition) is 3. The molecular formula is C25H40N4O2. The van der Waals surface area contributed by atoms with Gasteiger partial charge in [0.25, 0.3) is 0 Å². The molecule has 0 heterocycles. The molecule has 6 nitrogen and oxygen atoms in total. The Kier molecular flexibility index (Phi) is 10.5. The van der Waals surface area contributed by atoms with Crippen molar-refractivity contribution in [2.75, 3.05) is 6.54 Å². The summed E-state index contributed by atoms with van der Waals surface area (Å²) in [5.41, 5.74) is 6.06. The Morgan fingerprint density at radius 1 is 1.06 bits per heavy atom. The molecule has 6 heteroatoms. The highest BCUT2D eigenvalue weighted by atomic mass is 16.2. The average Bonchev–Trinajstić information content (AvgIpc) is 2.79. The van der Waals surface area contributed by atoms with E-state index in [1.807, 2.05) is 0 Å². The Bertz CT molecular complexity index is 722. The third kappa shape index (κ3) is 8.72. The Labute approximate surface area is 187 Å². The van der Waals surface area contributed by atoms with Crippen LogP contribution in [0.15, 0.2) is 29.4 Å². The summed E-state index contributed by atoms with van der Waals surface area (Å²) in [6, 6.07) is 8.00. The lowest BCUT2D eigenvalue weighted by Crippen LogP contribution is -2.39. The molecule has 172 valence electrons. The van der Waals surface area contributed by atoms with Crippen LogP contribution in [0.1, 0.15) is 76.8 Å². The number of aryl methyl sites for hydroxylation is 1. The van der Waals surface area contributed by atoms with E-state index in [9.17, 15) is 9.59 Å². The molecule has 1 atom stereocenters. The molecule has 0 radical (unpaired) electrons. The van der Waals surface area contributed by atoms with Gasteiger partial charge in [0.15, 0.2) is 0 Å². The lowest BCUT2D eigenvalue weighted by Gasteiger charge is -2.27. The highest BCUT2D eigenvalue weighted by Crippen LogP contribution is 2.28. The fourth-order valence-corrected chi connectivity index (χ4v) is 3.97. The van der Waals surface area contributed by atoms with Gasteiger partial charge in [-0.1, -0.05) is 57.0 Å². The van der Waals surface area contributed by atoms with Gasteiger partial charge in [0, 0.05) is 24.7 Å². The van der Waals surface area contributed by atoms with E-state index in [-0.39, 0.29) is 17.9 Å². The van der Waals surface area contributed by atoms with Crippen LogP contribution in [0, 0.1) is 24.7 Å². The van der Waals surface area contributed by atoms with Gasteiger partial charge in [0.2, 0.25) is 5.91 Å². The van der Waals surface area contributed by atoms with Crippen LogP contribution >= 0.6 is 0 Å². The number of urea groups is 1. The predicted octanol–water partition coefficient (Wildman–Crippen LogP) is 4.92. The van der Waals surface area contributed by atoms with E-state index in [2.05, 4.69) is 73.1 Å². The van der Waals surface area contributed by atoms with Gasteiger partial charge < -0.3 is 10.6 Å². The number of carbonyl (C=O) groups excluding carboxylic acids is 2. The molecule has 3 N–H and O–H groups in total. The molecule has 1 saturated carbocycles. The highest BCUT2D eigenvalue weighted by Gasteiger charge is 2.26. The summed E-state index contributed by atoms with van der Waals surface area (Å²) in [7, 11) is 0. The van der Waals surface area contributed by atoms with E-state index in [0.29, 0.717) is 24.9 Å². The van der Waals surface area contributed by atoms with E-state index in [0.717, 1.165) is 56.2 Å². The normalized spacial score (nSPS) is 20.1. The fraction of sp³-hybridized carbons (Fsp3) is 0.640. The summed E-state index contributed by atoms with van der Waals surface area (Å²) >= 11 is 0. The number of nitrogens with zero attached hydrogens (tertiary/aromatic N) is 1. The molecule has 3 amide bonds. The van der Waals surface area contributed by atoms with Gasteiger partial charge in [-0.15, -0.1) is 0 Å². The van der Waals surface area contributed by atoms with Crippen molar-refractivity contribution in [2.24, 2.45) is 22.9 Å². The first-order valence-electron chi connectivity index (χ1n) is 11.9. The molecule has 1 aliphatic carbocycles. The molecule has 0 aliphatic heterocycles. The molecule has 0 spiro atoms. The van der Waals surface area contributed by atoms with Crippen molar-refractivity contribution in [3.63, 3.8) is 0 Å². The highest BCUT2D eigenvalue weighted by molar-refractivity contribution is 5.87. The summed E-state index contributed by atoms with van der Waals surface area (Å²) in [5, 5.41) is 10.4. The van der Waals surface area contributed by atoms with E-state index in [4.69, 9.17) is 0 Å². The topological polar surface area (TPSA) is 82.6 Å². The minimum atomic E-state index is -0.241. The van der Waals surface area contributed by atoms with Crippen LogP contribution in [0.4, 0.5) is 4.79 Å². The zero-order chi connectivity index (χ0) is 22.6. The van der Waals surface area contributed by atoms with Crippen LogP contribution in [0.3, 0.4) is 0 Å². The minimum Gasteiger partial charge on any atom is -0.352 e. The van der Waals surface area contributed by atoms with Crippen LogP contribution in [0.5, 0.6) is 0 Å². The molecule has 1 aliphatic rings. The number of benzene rings is 1. The van der Waals surface area contributed by atoms with Gasteiger partial charge in [-0.25, -0.2) is 10.2 Å². The standard InChI is InChI=1S/C25H40N4O2/c1-5-7-23(19(4)6-2)28-29-25(31)27-17-21-12-14-22(15-13-21)24(30)26-16-20-10-8-18(3)9-11-20/h8-11,19,21-22H,5-7,12-17H2,1-4H3,(H,26,30)(H2,27,29,31)/b28-23-/t19-,21?,22?/m0/s1. The van der Waals surface area contributed by atoms with Gasteiger partial charge in [-0.05, 0) is 62.8 Å². The smallest absolute Gasteiger partial charge is 0.335 e. The monoisotopic (exact) mass is 428 g/mol. The van der Waals surface area contributed by atoms with Crippen molar-refractivity contribution in [2.45, 2.75) is 79.2 Å². The van der Waals surface area contributed by atoms with Crippen molar-refractivity contribution in [1.82, 2.24) is 16.1 Å². The molecule has 1 fully saturated rings. The maximum atomic E-state index is 12.5. The lowest BCUT2D eigenvalue weighted by atomic mass is 9.81. The molecule has 1 aromatic carbocycles. The average molecular weight is 429 g/mol. The maximum Gasteiger partial charge on any atom is 0.335 e. The summed E-state index contributed by atoms with van der Waals surface area (Å²) in [6.45, 7) is 9.67. The molecule has 0 saturated heterocycles. The van der Waals surface area contributed by atoms with Crippen LogP contribution in [0.25, 0.3) is 0 Å². The summed E-state index contributed by atoms with van der Waals surface area (Å²) in [4.78, 5) is 24.6. The first-order valence-corrected chi connectivity index (χ1v) is 11.9. The number of carbonyl (C=O) groups is 2. The first-order chi connectivity index (χ1) is 14.9. The van der Waals surface area contributed by atoms with Crippen molar-refractivity contribution in [3.8, 4) is 0 Å². The van der Waals surface area contributed by atoms with Gasteiger partial charge in [0.1, 0.15) is 0 Å². The van der Waals surface area contributed by atoms with E-state index in [1.165, 1.54) is 5.56 Å². The lowest BCUT2D eigenvalue weighted by molar-refractivity contribution is -0.126. The molecule has 0 aromatic heterocycles. The Hall–Kier alpha value is -2.37. The van der Waals surface area contributed by atoms with Crippen LogP contribution in [0.2, 0.25) is 0 Å². The second-order valence-corrected chi connectivity index (χ2v) is 8.91. The molecule has 1 aromatic rings. The number of nitrogens with one attached hydrogen (secondary N) is 3. The third-order valence-electron chi connectivity index (χ3n) is 6.34. The number of hydrazone groups is 1. The number of amides is 3. The van der Waals surface area contributed by atoms with Crippen molar-refractivity contribution in [3.05, 3.63) is 35.4 Å². The fourth-order valence-electron chi connectivity index (χ4n) is 3.97. The first kappa shape index (κ1) is 24.9. The predicted molar refractivity (Wildman–Crippen MR) is 127 cm³/mol. The molecular weight excluding hydrogens is 388 g/mol. The zero-order valence-corrected chi connectivity index (χ0v) is 19.7. The Morgan fingerprint density at radius 2 is 1.74 bits per heavy atom. The van der Waals surface area contributed by atoms with Gasteiger partial charge >= 0.3 is 6.03 Å². The van der Waals surface area contributed by atoms with Crippen LogP contribution < -0.4 is 16.1 Å². The summed E-state index contributed by atoms with van der Waals surface area (Å²) in [5.74, 6) is 1.02. The maximum absolute atomic E-state index is 12.5. The molecule has 0 bridgehead atoms. The molecule has 2 rings (SSSR count). The zero-order valence-electron chi connectivity index (χ0n) is 19.7. The van der Waals surface area contributed by atoms with Crippen molar-refractivity contribution in [1.29, 1.82) is 0 Å². The quantitative estimate of drug-likeness (QED) is 0.365. The largest absolute Gasteiger partial charge is 0.352 e. The van der Waals surface area contributed by atoms with Crippen molar-refractivity contribution < 1.29 is 9.59 Å². The van der Waals surface area contributed by atoms with Crippen molar-refractivity contribution >= 4 is 17.6 Å². The van der Waals surface area contributed by atoms with Crippen LogP contribution in [-0.2, 0) is 11.3 Å². The van der Waals surface area contributed by atoms with Crippen LogP contribution in [-0.4, -0.2) is 24.2 Å². The second-order valence-electron chi connectivity index (χ2n) is 8.91. The molecule has 0 unspecified atom stereocenters. The summed E-state index contributed by atoms with van der Waals surface area (Å²) in [6.07, 6.45) is 6.62. The Morgan fingerprint density at radius 3 is 2.35 bits per heavy atom. The summed E-state index contributed by atoms with van der Waals surface area (Å²) < 4.78 is 0. The van der Waals surface area contributed by atoms with E-state index in [1.54, 1.807) is 0 Å². The SMILES string of the molecule is CCC/C(=N/NC(=O)NCC1CCC(C(=O)NCc2ccc(C)cc2)CC1)[C@@H](C)CC. The second kappa shape index (κ2) is 13.1. The van der Waals surface area contributed by atoms with Gasteiger partial charge in [-0.2, -0.15) is 5.10 Å². The van der Waals surface area contributed by atoms with Gasteiger partial charge in [-0.3, -0.25) is 4.79 Å². The van der Waals surface area contributed by atoms with E-state index >= 15 is 0 Å². The third-order valence-corrected chi connectivity index (χ3v) is 6.34. The van der Waals surface area contributed by atoms with E-state index < -0.39 is 0 Å².